The average molecular weight is 310 g/mol. The van der Waals surface area contributed by atoms with Crippen LogP contribution in [0.15, 0.2) is 24.3 Å². The van der Waals surface area contributed by atoms with Crippen molar-refractivity contribution < 1.29 is 8.42 Å². The van der Waals surface area contributed by atoms with E-state index in [1.165, 1.54) is 0 Å². The zero-order chi connectivity index (χ0) is 13.6. The van der Waals surface area contributed by atoms with Crippen molar-refractivity contribution in [3.8, 4) is 0 Å². The molecule has 0 aliphatic rings. The van der Waals surface area contributed by atoms with Gasteiger partial charge in [-0.15, -0.1) is 11.6 Å². The Morgan fingerprint density at radius 3 is 2.44 bits per heavy atom. The van der Waals surface area contributed by atoms with Gasteiger partial charge in [-0.2, -0.15) is 0 Å². The second-order valence-electron chi connectivity index (χ2n) is 4.31. The molecule has 1 rings (SSSR count). The van der Waals surface area contributed by atoms with Gasteiger partial charge in [0.25, 0.3) is 0 Å². The SMILES string of the molecule is CC(CCl)CS(=O)(=O)NCCc1ccc(Cl)cc1. The summed E-state index contributed by atoms with van der Waals surface area (Å²) in [5, 5.41) is 0.676. The maximum Gasteiger partial charge on any atom is 0.211 e. The number of rotatable bonds is 7. The van der Waals surface area contributed by atoms with Gasteiger partial charge in [0.1, 0.15) is 0 Å². The zero-order valence-corrected chi connectivity index (χ0v) is 12.5. The molecule has 0 aliphatic carbocycles. The largest absolute Gasteiger partial charge is 0.215 e. The van der Waals surface area contributed by atoms with Crippen LogP contribution in [0.3, 0.4) is 0 Å². The first-order valence-electron chi connectivity index (χ1n) is 5.70. The Labute approximate surface area is 119 Å². The van der Waals surface area contributed by atoms with Gasteiger partial charge in [-0.05, 0) is 30.0 Å². The van der Waals surface area contributed by atoms with Crippen molar-refractivity contribution in [2.75, 3.05) is 18.2 Å². The third-order valence-electron chi connectivity index (χ3n) is 2.42. The Kier molecular flexibility index (Phi) is 6.43. The zero-order valence-electron chi connectivity index (χ0n) is 10.2. The van der Waals surface area contributed by atoms with E-state index in [1.807, 2.05) is 19.1 Å². The standard InChI is InChI=1S/C12H17Cl2NO2S/c1-10(8-13)9-18(16,17)15-7-6-11-2-4-12(14)5-3-11/h2-5,10,15H,6-9H2,1H3. The predicted molar refractivity (Wildman–Crippen MR) is 76.8 cm³/mol. The number of hydrogen-bond acceptors (Lipinski definition) is 2. The minimum atomic E-state index is -3.23. The van der Waals surface area contributed by atoms with Gasteiger partial charge in [0, 0.05) is 17.4 Å². The van der Waals surface area contributed by atoms with Crippen molar-refractivity contribution in [2.45, 2.75) is 13.3 Å². The Morgan fingerprint density at radius 2 is 1.89 bits per heavy atom. The molecule has 0 heterocycles. The smallest absolute Gasteiger partial charge is 0.211 e. The summed E-state index contributed by atoms with van der Waals surface area (Å²) in [6.45, 7) is 2.20. The van der Waals surface area contributed by atoms with E-state index < -0.39 is 10.0 Å². The summed E-state index contributed by atoms with van der Waals surface area (Å²) >= 11 is 11.4. The molecule has 1 unspecified atom stereocenters. The topological polar surface area (TPSA) is 46.2 Å². The van der Waals surface area contributed by atoms with Crippen LogP contribution >= 0.6 is 23.2 Å². The van der Waals surface area contributed by atoms with Gasteiger partial charge in [-0.1, -0.05) is 30.7 Å². The van der Waals surface area contributed by atoms with Crippen LogP contribution in [-0.4, -0.2) is 26.6 Å². The van der Waals surface area contributed by atoms with Gasteiger partial charge in [0.05, 0.1) is 5.75 Å². The molecule has 0 amide bonds. The molecule has 0 radical (unpaired) electrons. The average Bonchev–Trinajstić information content (AvgIpc) is 2.31. The lowest BCUT2D eigenvalue weighted by molar-refractivity contribution is 0.569. The summed E-state index contributed by atoms with van der Waals surface area (Å²) < 4.78 is 25.9. The van der Waals surface area contributed by atoms with Crippen LogP contribution < -0.4 is 4.72 Å². The van der Waals surface area contributed by atoms with E-state index in [9.17, 15) is 8.42 Å². The summed E-state index contributed by atoms with van der Waals surface area (Å²) in [6, 6.07) is 7.36. The van der Waals surface area contributed by atoms with Crippen LogP contribution in [0.5, 0.6) is 0 Å². The Bertz CT molecular complexity index is 459. The van der Waals surface area contributed by atoms with Gasteiger partial charge < -0.3 is 0 Å². The van der Waals surface area contributed by atoms with E-state index in [2.05, 4.69) is 4.72 Å². The lowest BCUT2D eigenvalue weighted by Crippen LogP contribution is -2.31. The van der Waals surface area contributed by atoms with E-state index in [1.54, 1.807) is 12.1 Å². The van der Waals surface area contributed by atoms with Crippen LogP contribution in [0.4, 0.5) is 0 Å². The second kappa shape index (κ2) is 7.34. The normalized spacial score (nSPS) is 13.5. The highest BCUT2D eigenvalue weighted by atomic mass is 35.5. The fourth-order valence-corrected chi connectivity index (χ4v) is 3.24. The van der Waals surface area contributed by atoms with Crippen molar-refractivity contribution in [1.82, 2.24) is 4.72 Å². The number of alkyl halides is 1. The maximum atomic E-state index is 11.7. The highest BCUT2D eigenvalue weighted by Crippen LogP contribution is 2.09. The summed E-state index contributed by atoms with van der Waals surface area (Å²) in [7, 11) is -3.23. The van der Waals surface area contributed by atoms with E-state index in [0.717, 1.165) is 5.56 Å². The number of nitrogens with one attached hydrogen (secondary N) is 1. The fourth-order valence-electron chi connectivity index (χ4n) is 1.48. The fraction of sp³-hybridized carbons (Fsp3) is 0.500. The van der Waals surface area contributed by atoms with Gasteiger partial charge in [-0.25, -0.2) is 13.1 Å². The lowest BCUT2D eigenvalue weighted by atomic mass is 10.2. The quantitative estimate of drug-likeness (QED) is 0.787. The first-order valence-corrected chi connectivity index (χ1v) is 8.27. The molecular formula is C12H17Cl2NO2S. The minimum Gasteiger partial charge on any atom is -0.215 e. The summed E-state index contributed by atoms with van der Waals surface area (Å²) in [5.74, 6) is 0.370. The van der Waals surface area contributed by atoms with Gasteiger partial charge >= 0.3 is 0 Å². The van der Waals surface area contributed by atoms with Gasteiger partial charge in [-0.3, -0.25) is 0 Å². The molecule has 0 aromatic heterocycles. The number of benzene rings is 1. The molecule has 0 bridgehead atoms. The lowest BCUT2D eigenvalue weighted by Gasteiger charge is -2.10. The van der Waals surface area contributed by atoms with Crippen molar-refractivity contribution in [1.29, 1.82) is 0 Å². The monoisotopic (exact) mass is 309 g/mol. The molecular weight excluding hydrogens is 293 g/mol. The molecule has 6 heteroatoms. The minimum absolute atomic E-state index is 0.0419. The third-order valence-corrected chi connectivity index (χ3v) is 4.85. The molecule has 1 N–H and O–H groups in total. The molecule has 0 spiro atoms. The van der Waals surface area contributed by atoms with Gasteiger partial charge in [0.15, 0.2) is 0 Å². The van der Waals surface area contributed by atoms with Crippen molar-refractivity contribution >= 4 is 33.2 Å². The molecule has 1 aromatic carbocycles. The molecule has 0 saturated carbocycles. The van der Waals surface area contributed by atoms with E-state index in [0.29, 0.717) is 23.9 Å². The number of sulfonamides is 1. The van der Waals surface area contributed by atoms with E-state index in [-0.39, 0.29) is 11.7 Å². The molecule has 0 saturated heterocycles. The third kappa shape index (κ3) is 6.05. The van der Waals surface area contributed by atoms with Crippen LogP contribution in [0, 0.1) is 5.92 Å². The van der Waals surface area contributed by atoms with E-state index in [4.69, 9.17) is 23.2 Å². The molecule has 1 atom stereocenters. The van der Waals surface area contributed by atoms with Crippen molar-refractivity contribution in [2.24, 2.45) is 5.92 Å². The molecule has 0 aliphatic heterocycles. The highest BCUT2D eigenvalue weighted by molar-refractivity contribution is 7.89. The maximum absolute atomic E-state index is 11.7. The molecule has 3 nitrogen and oxygen atoms in total. The van der Waals surface area contributed by atoms with E-state index >= 15 is 0 Å². The molecule has 102 valence electrons. The van der Waals surface area contributed by atoms with Gasteiger partial charge in [0.2, 0.25) is 10.0 Å². The summed E-state index contributed by atoms with van der Waals surface area (Å²) in [4.78, 5) is 0. The summed E-state index contributed by atoms with van der Waals surface area (Å²) in [5.41, 5.74) is 1.05. The first-order chi connectivity index (χ1) is 8.43. The second-order valence-corrected chi connectivity index (χ2v) is 6.91. The number of hydrogen-bond donors (Lipinski definition) is 1. The van der Waals surface area contributed by atoms with Crippen LogP contribution in [0.2, 0.25) is 5.02 Å². The van der Waals surface area contributed by atoms with Crippen LogP contribution in [-0.2, 0) is 16.4 Å². The van der Waals surface area contributed by atoms with Crippen molar-refractivity contribution in [3.63, 3.8) is 0 Å². The molecule has 1 aromatic rings. The molecule has 18 heavy (non-hydrogen) atoms. The Morgan fingerprint density at radius 1 is 1.28 bits per heavy atom. The van der Waals surface area contributed by atoms with Crippen molar-refractivity contribution in [3.05, 3.63) is 34.9 Å². The molecule has 0 fully saturated rings. The van der Waals surface area contributed by atoms with Crippen LogP contribution in [0.1, 0.15) is 12.5 Å². The summed E-state index contributed by atoms with van der Waals surface area (Å²) in [6.07, 6.45) is 0.644. The predicted octanol–water partition coefficient (Wildman–Crippen LogP) is 2.68. The number of halogens is 2. The highest BCUT2D eigenvalue weighted by Gasteiger charge is 2.14. The Hall–Kier alpha value is -0.290. The Balaban J connectivity index is 2.39. The van der Waals surface area contributed by atoms with Crippen LogP contribution in [0.25, 0.3) is 0 Å². The first kappa shape index (κ1) is 15.8.